The predicted molar refractivity (Wildman–Crippen MR) is 120 cm³/mol. The predicted octanol–water partition coefficient (Wildman–Crippen LogP) is 3.47. The lowest BCUT2D eigenvalue weighted by Crippen LogP contribution is -2.32. The van der Waals surface area contributed by atoms with Gasteiger partial charge in [-0.25, -0.2) is 18.4 Å². The first-order valence-electron chi connectivity index (χ1n) is 10.6. The molecule has 0 saturated carbocycles. The Kier molecular flexibility index (Phi) is 5.43. The molecule has 3 aliphatic rings. The zero-order chi connectivity index (χ0) is 26.6. The van der Waals surface area contributed by atoms with E-state index in [-0.39, 0.29) is 56.9 Å². The van der Waals surface area contributed by atoms with Crippen LogP contribution >= 0.6 is 0 Å². The van der Waals surface area contributed by atoms with Crippen LogP contribution in [0.1, 0.15) is 33.6 Å². The van der Waals surface area contributed by atoms with Crippen LogP contribution < -0.4 is 5.43 Å². The van der Waals surface area contributed by atoms with Gasteiger partial charge in [0, 0.05) is 41.5 Å². The number of fused-ring (bicyclic) bond motifs is 2. The van der Waals surface area contributed by atoms with Crippen molar-refractivity contribution < 1.29 is 47.4 Å². The van der Waals surface area contributed by atoms with E-state index in [2.05, 4.69) is 0 Å². The smallest absolute Gasteiger partial charge is 0.364 e. The number of benzene rings is 3. The molecule has 1 saturated heterocycles. The molecule has 37 heavy (non-hydrogen) atoms. The molecule has 1 fully saturated rings. The van der Waals surface area contributed by atoms with Crippen molar-refractivity contribution in [2.75, 3.05) is 0 Å². The van der Waals surface area contributed by atoms with Crippen molar-refractivity contribution >= 4 is 34.7 Å². The van der Waals surface area contributed by atoms with Crippen LogP contribution in [0.15, 0.2) is 51.7 Å². The lowest BCUT2D eigenvalue weighted by Gasteiger charge is -2.19. The molecule has 10 nitrogen and oxygen atoms in total. The zero-order valence-corrected chi connectivity index (χ0v) is 18.4. The maximum absolute atomic E-state index is 14.4. The Labute approximate surface area is 204 Å². The summed E-state index contributed by atoms with van der Waals surface area (Å²) >= 11 is 0. The molecule has 186 valence electrons. The molecule has 2 aromatic carbocycles. The number of hydroxylamine groups is 2. The molecule has 2 aliphatic heterocycles. The van der Waals surface area contributed by atoms with Crippen molar-refractivity contribution in [3.63, 3.8) is 0 Å². The van der Waals surface area contributed by atoms with Crippen LogP contribution in [-0.2, 0) is 14.4 Å². The van der Waals surface area contributed by atoms with Gasteiger partial charge in [0.25, 0.3) is 11.8 Å². The van der Waals surface area contributed by atoms with Gasteiger partial charge >= 0.3 is 11.9 Å². The Morgan fingerprint density at radius 1 is 0.919 bits per heavy atom. The molecule has 0 radical (unpaired) electrons. The van der Waals surface area contributed by atoms with Gasteiger partial charge in [-0.3, -0.25) is 14.4 Å². The highest BCUT2D eigenvalue weighted by Crippen LogP contribution is 2.43. The number of imide groups is 1. The summed E-state index contributed by atoms with van der Waals surface area (Å²) in [5, 5.41) is 19.5. The first-order valence-corrected chi connectivity index (χ1v) is 10.6. The summed E-state index contributed by atoms with van der Waals surface area (Å²) in [6.45, 7) is 0. The van der Waals surface area contributed by atoms with Gasteiger partial charge in [0.15, 0.2) is 17.4 Å². The first kappa shape index (κ1) is 23.6. The van der Waals surface area contributed by atoms with Crippen molar-refractivity contribution in [2.45, 2.75) is 12.8 Å². The third kappa shape index (κ3) is 3.93. The number of carbonyl (C=O) groups is 4. The van der Waals surface area contributed by atoms with Gasteiger partial charge in [-0.1, -0.05) is 6.07 Å². The number of rotatable bonds is 4. The van der Waals surface area contributed by atoms with E-state index in [1.54, 1.807) is 0 Å². The summed E-state index contributed by atoms with van der Waals surface area (Å²) in [5.41, 5.74) is -2.32. The number of carboxylic acids is 1. The molecule has 0 atom stereocenters. The Balaban J connectivity index is 1.83. The first-order chi connectivity index (χ1) is 17.5. The van der Waals surface area contributed by atoms with Gasteiger partial charge < -0.3 is 19.5 Å². The lowest BCUT2D eigenvalue weighted by molar-refractivity contribution is -0.172. The minimum Gasteiger partial charge on any atom is -0.505 e. The average Bonchev–Trinajstić information content (AvgIpc) is 3.16. The van der Waals surface area contributed by atoms with E-state index in [1.807, 2.05) is 0 Å². The molecular formula is C25H13F2NO9. The van der Waals surface area contributed by atoms with E-state index < -0.39 is 52.1 Å². The van der Waals surface area contributed by atoms with Crippen LogP contribution in [0.4, 0.5) is 8.78 Å². The summed E-state index contributed by atoms with van der Waals surface area (Å²) in [4.78, 5) is 65.6. The molecule has 0 aromatic heterocycles. The maximum Gasteiger partial charge on any atom is 0.364 e. The van der Waals surface area contributed by atoms with Gasteiger partial charge in [-0.2, -0.15) is 0 Å². The summed E-state index contributed by atoms with van der Waals surface area (Å²) in [7, 11) is 0. The Morgan fingerprint density at radius 3 is 2.30 bits per heavy atom. The van der Waals surface area contributed by atoms with E-state index in [4.69, 9.17) is 9.25 Å². The molecule has 5 rings (SSSR count). The monoisotopic (exact) mass is 509 g/mol. The minimum absolute atomic E-state index is 0.0722. The second-order valence-electron chi connectivity index (χ2n) is 8.08. The summed E-state index contributed by atoms with van der Waals surface area (Å²) < 4.78 is 34.3. The number of phenolic OH excluding ortho intramolecular Hbond substituents is 1. The standard InChI is InChI=1S/C25H13F2NO9/c26-15-6-13-19(8-17(15)29)36-20-9-18(30)16(27)7-14(20)23(13)11-2-1-10(24(33)34)5-12(11)25(35)37-28-21(31)3-4-22(28)32/h1-2,5-9,29H,3-4H2,(H,33,34). The lowest BCUT2D eigenvalue weighted by atomic mass is 9.89. The summed E-state index contributed by atoms with van der Waals surface area (Å²) in [6, 6.07) is 6.55. The third-order valence-electron chi connectivity index (χ3n) is 5.78. The number of hydrogen-bond donors (Lipinski definition) is 2. The fourth-order valence-electron chi connectivity index (χ4n) is 4.04. The number of aromatic hydroxyl groups is 1. The van der Waals surface area contributed by atoms with Crippen molar-refractivity contribution in [2.24, 2.45) is 0 Å². The van der Waals surface area contributed by atoms with Gasteiger partial charge in [-0.05, 0) is 29.8 Å². The fraction of sp³-hybridized carbons (Fsp3) is 0.0800. The molecular weight excluding hydrogens is 496 g/mol. The topological polar surface area (TPSA) is 151 Å². The molecule has 0 unspecified atom stereocenters. The van der Waals surface area contributed by atoms with Gasteiger partial charge in [0.2, 0.25) is 5.43 Å². The van der Waals surface area contributed by atoms with E-state index in [0.717, 1.165) is 42.5 Å². The second kappa shape index (κ2) is 8.52. The highest BCUT2D eigenvalue weighted by atomic mass is 19.1. The number of carbonyl (C=O) groups excluding carboxylic acids is 3. The highest BCUT2D eigenvalue weighted by Gasteiger charge is 2.34. The Morgan fingerprint density at radius 2 is 1.62 bits per heavy atom. The average molecular weight is 509 g/mol. The highest BCUT2D eigenvalue weighted by molar-refractivity contribution is 6.10. The molecule has 0 spiro atoms. The second-order valence-corrected chi connectivity index (χ2v) is 8.08. The van der Waals surface area contributed by atoms with Crippen molar-refractivity contribution in [1.82, 2.24) is 5.06 Å². The van der Waals surface area contributed by atoms with Crippen LogP contribution in [0.3, 0.4) is 0 Å². The maximum atomic E-state index is 14.4. The number of phenols is 1. The molecule has 2 amide bonds. The fourth-order valence-corrected chi connectivity index (χ4v) is 4.04. The molecule has 0 bridgehead atoms. The number of nitrogens with zero attached hydrogens (tertiary/aromatic N) is 1. The third-order valence-corrected chi connectivity index (χ3v) is 5.78. The number of amides is 2. The zero-order valence-electron chi connectivity index (χ0n) is 18.4. The minimum atomic E-state index is -1.43. The number of aromatic carboxylic acids is 1. The van der Waals surface area contributed by atoms with Crippen LogP contribution in [-0.4, -0.2) is 39.0 Å². The number of halogens is 2. The van der Waals surface area contributed by atoms with Crippen LogP contribution in [0, 0.1) is 11.6 Å². The molecule has 2 aromatic rings. The SMILES string of the molecule is O=C(O)c1ccc(-c2c3cc(F)c(=O)cc-3oc3cc(O)c(F)cc23)c(C(=O)ON2C(=O)CCC2=O)c1. The van der Waals surface area contributed by atoms with Crippen molar-refractivity contribution in [1.29, 1.82) is 0 Å². The van der Waals surface area contributed by atoms with Crippen molar-refractivity contribution in [3.8, 4) is 28.2 Å². The summed E-state index contributed by atoms with van der Waals surface area (Å²) in [5.74, 6) is -7.57. The van der Waals surface area contributed by atoms with Crippen LogP contribution in [0.5, 0.6) is 5.75 Å². The molecule has 1 aliphatic carbocycles. The quantitative estimate of drug-likeness (QED) is 0.311. The Hall–Kier alpha value is -5.13. The van der Waals surface area contributed by atoms with E-state index >= 15 is 0 Å². The number of hydrogen-bond acceptors (Lipinski definition) is 8. The normalized spacial score (nSPS) is 13.5. The van der Waals surface area contributed by atoms with Gasteiger partial charge in [0.05, 0.1) is 11.1 Å². The molecule has 12 heteroatoms. The Bertz CT molecular complexity index is 1690. The number of carboxylic acid groups (broad SMARTS) is 1. The summed E-state index contributed by atoms with van der Waals surface area (Å²) in [6.07, 6.45) is -0.383. The molecule has 2 N–H and O–H groups in total. The van der Waals surface area contributed by atoms with Gasteiger partial charge in [0.1, 0.15) is 11.3 Å². The molecule has 2 heterocycles. The largest absolute Gasteiger partial charge is 0.505 e. The van der Waals surface area contributed by atoms with E-state index in [9.17, 15) is 43.0 Å². The van der Waals surface area contributed by atoms with Crippen molar-refractivity contribution in [3.05, 3.63) is 75.4 Å². The van der Waals surface area contributed by atoms with Crippen LogP contribution in [0.25, 0.3) is 33.4 Å². The van der Waals surface area contributed by atoms with E-state index in [1.165, 1.54) is 0 Å². The van der Waals surface area contributed by atoms with Crippen LogP contribution in [0.2, 0.25) is 0 Å². The van der Waals surface area contributed by atoms with E-state index in [0.29, 0.717) is 0 Å². The van der Waals surface area contributed by atoms with Gasteiger partial charge in [-0.15, -0.1) is 5.06 Å².